The monoisotopic (exact) mass is 465 g/mol. The summed E-state index contributed by atoms with van der Waals surface area (Å²) < 4.78 is 22.3. The molecule has 0 spiro atoms. The van der Waals surface area contributed by atoms with E-state index in [1.165, 1.54) is 0 Å². The maximum absolute atomic E-state index is 13.7. The summed E-state index contributed by atoms with van der Waals surface area (Å²) in [6, 6.07) is 22.3. The van der Waals surface area contributed by atoms with Gasteiger partial charge in [-0.05, 0) is 48.0 Å². The number of nitrogens with zero attached hydrogens (tertiary/aromatic N) is 1. The fourth-order valence-corrected chi connectivity index (χ4v) is 4.01. The van der Waals surface area contributed by atoms with Gasteiger partial charge in [0.25, 0.3) is 0 Å². The molecule has 0 fully saturated rings. The second kappa shape index (κ2) is 9.35. The summed E-state index contributed by atoms with van der Waals surface area (Å²) in [5.74, 6) is 2.24. The molecule has 0 N–H and O–H groups in total. The lowest BCUT2D eigenvalue weighted by Gasteiger charge is -2.10. The summed E-state index contributed by atoms with van der Waals surface area (Å²) in [5.41, 5.74) is 2.87. The van der Waals surface area contributed by atoms with Crippen LogP contribution in [0.15, 0.2) is 82.0 Å². The van der Waals surface area contributed by atoms with Crippen LogP contribution in [0.5, 0.6) is 17.2 Å². The summed E-state index contributed by atoms with van der Waals surface area (Å²) in [6.07, 6.45) is 3.63. The number of aromatic nitrogens is 1. The van der Waals surface area contributed by atoms with Crippen molar-refractivity contribution >= 4 is 34.0 Å². The summed E-state index contributed by atoms with van der Waals surface area (Å²) in [4.78, 5) is 18.4. The van der Waals surface area contributed by atoms with Gasteiger partial charge in [-0.1, -0.05) is 36.4 Å². The van der Waals surface area contributed by atoms with Crippen LogP contribution in [0.25, 0.3) is 45.3 Å². The molecule has 6 heteroatoms. The Bertz CT molecular complexity index is 1630. The Labute approximate surface area is 202 Å². The minimum absolute atomic E-state index is 0.163. The number of hydrogen-bond acceptors (Lipinski definition) is 6. The van der Waals surface area contributed by atoms with Gasteiger partial charge in [0.05, 0.1) is 43.5 Å². The predicted octanol–water partition coefficient (Wildman–Crippen LogP) is 6.20. The van der Waals surface area contributed by atoms with Crippen LogP contribution in [0.4, 0.5) is 0 Å². The van der Waals surface area contributed by atoms with Crippen LogP contribution in [-0.2, 0) is 0 Å². The number of benzene rings is 3. The van der Waals surface area contributed by atoms with Crippen molar-refractivity contribution in [2.24, 2.45) is 0 Å². The molecule has 0 unspecified atom stereocenters. The lowest BCUT2D eigenvalue weighted by molar-refractivity contribution is 0.355. The van der Waals surface area contributed by atoms with Crippen molar-refractivity contribution in [3.63, 3.8) is 0 Å². The Hall–Kier alpha value is -4.58. The molecule has 0 atom stereocenters. The van der Waals surface area contributed by atoms with E-state index >= 15 is 0 Å². The molecule has 35 heavy (non-hydrogen) atoms. The first-order valence-electron chi connectivity index (χ1n) is 11.0. The third-order valence-electron chi connectivity index (χ3n) is 5.82. The minimum atomic E-state index is -0.163. The molecule has 0 amide bonds. The number of methoxy groups -OCH3 is 3. The van der Waals surface area contributed by atoms with E-state index in [0.29, 0.717) is 45.2 Å². The van der Waals surface area contributed by atoms with Crippen LogP contribution in [0.3, 0.4) is 0 Å². The van der Waals surface area contributed by atoms with E-state index in [4.69, 9.17) is 23.6 Å². The number of hydrogen-bond donors (Lipinski definition) is 0. The molecule has 0 aliphatic heterocycles. The van der Waals surface area contributed by atoms with Gasteiger partial charge in [-0.2, -0.15) is 0 Å². The fraction of sp³-hybridized carbons (Fsp3) is 0.103. The summed E-state index contributed by atoms with van der Waals surface area (Å²) in [7, 11) is 4.75. The molecule has 0 bridgehead atoms. The topological polar surface area (TPSA) is 70.8 Å². The van der Waals surface area contributed by atoms with Crippen molar-refractivity contribution in [2.45, 2.75) is 0 Å². The molecular weight excluding hydrogens is 442 g/mol. The highest BCUT2D eigenvalue weighted by atomic mass is 16.5. The smallest absolute Gasteiger partial charge is 0.202 e. The minimum Gasteiger partial charge on any atom is -0.497 e. The summed E-state index contributed by atoms with van der Waals surface area (Å²) in [5, 5.41) is 1.45. The second-order valence-corrected chi connectivity index (χ2v) is 7.87. The highest BCUT2D eigenvalue weighted by Crippen LogP contribution is 2.31. The SMILES string of the molecule is COc1ccc2c(=O)c(-c3ccc4ccccc4n3)c(C=Cc3ccc(OC)c(OC)c3)oc2c1. The normalized spacial score (nSPS) is 11.3. The standard InChI is InChI=1S/C29H23NO5/c1-32-20-11-12-21-26(17-20)35-25(15-9-18-8-14-24(33-2)27(16-18)34-3)28(29(21)31)23-13-10-19-6-4-5-7-22(19)30-23/h4-17H,1-3H3. The first-order chi connectivity index (χ1) is 17.1. The quantitative estimate of drug-likeness (QED) is 0.297. The Kier molecular flexibility index (Phi) is 5.94. The first kappa shape index (κ1) is 22.2. The predicted molar refractivity (Wildman–Crippen MR) is 138 cm³/mol. The van der Waals surface area contributed by atoms with E-state index in [0.717, 1.165) is 16.5 Å². The van der Waals surface area contributed by atoms with Crippen LogP contribution >= 0.6 is 0 Å². The average Bonchev–Trinajstić information content (AvgIpc) is 2.91. The Morgan fingerprint density at radius 1 is 0.800 bits per heavy atom. The van der Waals surface area contributed by atoms with Crippen molar-refractivity contribution in [1.82, 2.24) is 4.98 Å². The molecule has 174 valence electrons. The van der Waals surface area contributed by atoms with E-state index in [1.807, 2.05) is 60.7 Å². The van der Waals surface area contributed by atoms with Gasteiger partial charge in [-0.25, -0.2) is 4.98 Å². The molecule has 0 aliphatic carbocycles. The van der Waals surface area contributed by atoms with Gasteiger partial charge in [-0.3, -0.25) is 4.79 Å². The molecule has 5 aromatic rings. The van der Waals surface area contributed by atoms with E-state index in [2.05, 4.69) is 0 Å². The second-order valence-electron chi connectivity index (χ2n) is 7.87. The van der Waals surface area contributed by atoms with Crippen LogP contribution in [0.1, 0.15) is 11.3 Å². The number of fused-ring (bicyclic) bond motifs is 2. The van der Waals surface area contributed by atoms with Crippen molar-refractivity contribution in [1.29, 1.82) is 0 Å². The third-order valence-corrected chi connectivity index (χ3v) is 5.82. The van der Waals surface area contributed by atoms with Gasteiger partial charge in [0.15, 0.2) is 11.5 Å². The maximum Gasteiger partial charge on any atom is 0.202 e. The van der Waals surface area contributed by atoms with Crippen molar-refractivity contribution < 1.29 is 18.6 Å². The molecule has 2 aromatic heterocycles. The van der Waals surface area contributed by atoms with Crippen LogP contribution in [-0.4, -0.2) is 26.3 Å². The van der Waals surface area contributed by atoms with Crippen LogP contribution in [0.2, 0.25) is 0 Å². The number of pyridine rings is 1. The summed E-state index contributed by atoms with van der Waals surface area (Å²) >= 11 is 0. The Morgan fingerprint density at radius 3 is 2.43 bits per heavy atom. The molecule has 0 radical (unpaired) electrons. The average molecular weight is 466 g/mol. The molecular formula is C29H23NO5. The zero-order valence-electron chi connectivity index (χ0n) is 19.6. The zero-order chi connectivity index (χ0) is 24.4. The van der Waals surface area contributed by atoms with Gasteiger partial charge >= 0.3 is 0 Å². The molecule has 0 saturated heterocycles. The van der Waals surface area contributed by atoms with E-state index in [-0.39, 0.29) is 5.43 Å². The number of para-hydroxylation sites is 1. The molecule has 2 heterocycles. The van der Waals surface area contributed by atoms with Crippen molar-refractivity contribution in [3.05, 3.63) is 94.3 Å². The molecule has 0 aliphatic rings. The molecule has 6 nitrogen and oxygen atoms in total. The fourth-order valence-electron chi connectivity index (χ4n) is 4.01. The number of rotatable bonds is 6. The van der Waals surface area contributed by atoms with E-state index in [1.54, 1.807) is 45.6 Å². The van der Waals surface area contributed by atoms with Gasteiger partial charge in [0, 0.05) is 11.5 Å². The lowest BCUT2D eigenvalue weighted by atomic mass is 10.0. The summed E-state index contributed by atoms with van der Waals surface area (Å²) in [6.45, 7) is 0. The Balaban J connectivity index is 1.71. The van der Waals surface area contributed by atoms with E-state index in [9.17, 15) is 4.79 Å². The van der Waals surface area contributed by atoms with Crippen LogP contribution < -0.4 is 19.6 Å². The molecule has 3 aromatic carbocycles. The van der Waals surface area contributed by atoms with Crippen molar-refractivity contribution in [2.75, 3.05) is 21.3 Å². The number of ether oxygens (including phenoxy) is 3. The van der Waals surface area contributed by atoms with Crippen LogP contribution in [0, 0.1) is 0 Å². The Morgan fingerprint density at radius 2 is 1.63 bits per heavy atom. The third kappa shape index (κ3) is 4.22. The van der Waals surface area contributed by atoms with Gasteiger partial charge in [-0.15, -0.1) is 0 Å². The zero-order valence-corrected chi connectivity index (χ0v) is 19.6. The highest BCUT2D eigenvalue weighted by Gasteiger charge is 2.17. The van der Waals surface area contributed by atoms with Gasteiger partial charge < -0.3 is 18.6 Å². The molecule has 0 saturated carbocycles. The maximum atomic E-state index is 13.7. The highest BCUT2D eigenvalue weighted by molar-refractivity contribution is 5.89. The van der Waals surface area contributed by atoms with Crippen molar-refractivity contribution in [3.8, 4) is 28.5 Å². The largest absolute Gasteiger partial charge is 0.497 e. The first-order valence-corrected chi connectivity index (χ1v) is 11.0. The van der Waals surface area contributed by atoms with Gasteiger partial charge in [0.1, 0.15) is 17.1 Å². The molecule has 5 rings (SSSR count). The van der Waals surface area contributed by atoms with Gasteiger partial charge in [0.2, 0.25) is 5.43 Å². The lowest BCUT2D eigenvalue weighted by Crippen LogP contribution is -2.08. The van der Waals surface area contributed by atoms with E-state index < -0.39 is 0 Å².